The summed E-state index contributed by atoms with van der Waals surface area (Å²) < 4.78 is 0. The van der Waals surface area contributed by atoms with Crippen molar-refractivity contribution in [3.8, 4) is 0 Å². The predicted octanol–water partition coefficient (Wildman–Crippen LogP) is 3.94. The van der Waals surface area contributed by atoms with Crippen LogP contribution in [0.4, 0.5) is 5.69 Å². The highest BCUT2D eigenvalue weighted by Crippen LogP contribution is 2.33. The Morgan fingerprint density at radius 3 is 2.13 bits per heavy atom. The highest BCUT2D eigenvalue weighted by molar-refractivity contribution is 6.48. The van der Waals surface area contributed by atoms with Crippen molar-refractivity contribution in [2.75, 3.05) is 11.9 Å². The highest BCUT2D eigenvalue weighted by Gasteiger charge is 2.14. The number of hydrogen-bond acceptors (Lipinski definition) is 2. The van der Waals surface area contributed by atoms with Crippen molar-refractivity contribution in [3.63, 3.8) is 0 Å². The molecule has 0 aliphatic rings. The normalized spacial score (nSPS) is 10.2. The zero-order valence-corrected chi connectivity index (χ0v) is 14.2. The van der Waals surface area contributed by atoms with Gasteiger partial charge in [0.15, 0.2) is 0 Å². The van der Waals surface area contributed by atoms with Gasteiger partial charge in [-0.2, -0.15) is 0 Å². The van der Waals surface area contributed by atoms with Crippen LogP contribution in [0.1, 0.15) is 5.56 Å². The third-order valence-electron chi connectivity index (χ3n) is 2.99. The maximum atomic E-state index is 11.8. The molecule has 2 amide bonds. The van der Waals surface area contributed by atoms with Gasteiger partial charge in [-0.25, -0.2) is 0 Å². The van der Waals surface area contributed by atoms with Crippen molar-refractivity contribution in [1.82, 2.24) is 5.32 Å². The molecule has 2 N–H and O–H groups in total. The molecule has 0 atom stereocenters. The molecule has 0 aliphatic heterocycles. The summed E-state index contributed by atoms with van der Waals surface area (Å²) in [6, 6.07) is 12.5. The van der Waals surface area contributed by atoms with Gasteiger partial charge in [-0.15, -0.1) is 0 Å². The summed E-state index contributed by atoms with van der Waals surface area (Å²) in [6.07, 6.45) is 0.637. The number of rotatable bonds is 4. The van der Waals surface area contributed by atoms with Crippen molar-refractivity contribution < 1.29 is 9.59 Å². The number of benzene rings is 2. The third kappa shape index (κ3) is 5.13. The zero-order chi connectivity index (χ0) is 16.8. The Labute approximate surface area is 148 Å². The van der Waals surface area contributed by atoms with Crippen LogP contribution in [0.25, 0.3) is 0 Å². The minimum atomic E-state index is -0.799. The number of halogens is 3. The molecule has 2 aromatic carbocycles. The minimum absolute atomic E-state index is 0.193. The van der Waals surface area contributed by atoms with Crippen LogP contribution in [0.3, 0.4) is 0 Å². The smallest absolute Gasteiger partial charge is 0.313 e. The maximum absolute atomic E-state index is 11.8. The lowest BCUT2D eigenvalue weighted by Crippen LogP contribution is -2.36. The van der Waals surface area contributed by atoms with Gasteiger partial charge in [0.05, 0.1) is 15.1 Å². The molecule has 0 radical (unpaired) electrons. The summed E-state index contributed by atoms with van der Waals surface area (Å²) in [6.45, 7) is 0.360. The SMILES string of the molecule is O=C(NCCc1ccccc1)C(=O)Nc1cc(Cl)c(Cl)c(Cl)c1. The van der Waals surface area contributed by atoms with E-state index in [9.17, 15) is 9.59 Å². The average Bonchev–Trinajstić information content (AvgIpc) is 2.53. The molecular weight excluding hydrogens is 359 g/mol. The van der Waals surface area contributed by atoms with Crippen LogP contribution >= 0.6 is 34.8 Å². The fraction of sp³-hybridized carbons (Fsp3) is 0.125. The topological polar surface area (TPSA) is 58.2 Å². The van der Waals surface area contributed by atoms with Gasteiger partial charge in [-0.05, 0) is 24.1 Å². The summed E-state index contributed by atoms with van der Waals surface area (Å²) in [7, 11) is 0. The first-order valence-electron chi connectivity index (χ1n) is 6.75. The van der Waals surface area contributed by atoms with Gasteiger partial charge in [0.25, 0.3) is 0 Å². The van der Waals surface area contributed by atoms with E-state index in [1.807, 2.05) is 30.3 Å². The molecule has 2 aromatic rings. The second-order valence-corrected chi connectivity index (χ2v) is 5.89. The van der Waals surface area contributed by atoms with E-state index in [0.717, 1.165) is 5.56 Å². The Bertz CT molecular complexity index is 698. The van der Waals surface area contributed by atoms with E-state index >= 15 is 0 Å². The van der Waals surface area contributed by atoms with Crippen LogP contribution in [-0.4, -0.2) is 18.4 Å². The van der Waals surface area contributed by atoms with Gasteiger partial charge in [-0.1, -0.05) is 65.1 Å². The van der Waals surface area contributed by atoms with Gasteiger partial charge >= 0.3 is 11.8 Å². The van der Waals surface area contributed by atoms with Crippen molar-refractivity contribution in [3.05, 3.63) is 63.1 Å². The van der Waals surface area contributed by atoms with Crippen LogP contribution in [0.15, 0.2) is 42.5 Å². The summed E-state index contributed by atoms with van der Waals surface area (Å²) in [5.74, 6) is -1.53. The lowest BCUT2D eigenvalue weighted by Gasteiger charge is -2.08. The van der Waals surface area contributed by atoms with Crippen molar-refractivity contribution in [2.24, 2.45) is 0 Å². The van der Waals surface area contributed by atoms with Crippen molar-refractivity contribution in [1.29, 1.82) is 0 Å². The lowest BCUT2D eigenvalue weighted by atomic mass is 10.1. The fourth-order valence-corrected chi connectivity index (χ4v) is 2.46. The molecule has 0 aromatic heterocycles. The van der Waals surface area contributed by atoms with Gasteiger partial charge in [0, 0.05) is 12.2 Å². The van der Waals surface area contributed by atoms with E-state index in [1.165, 1.54) is 12.1 Å². The molecule has 120 valence electrons. The van der Waals surface area contributed by atoms with Crippen molar-refractivity contribution in [2.45, 2.75) is 6.42 Å². The molecule has 0 aliphatic carbocycles. The zero-order valence-electron chi connectivity index (χ0n) is 11.9. The highest BCUT2D eigenvalue weighted by atomic mass is 35.5. The molecule has 7 heteroatoms. The predicted molar refractivity (Wildman–Crippen MR) is 93.3 cm³/mol. The quantitative estimate of drug-likeness (QED) is 0.631. The van der Waals surface area contributed by atoms with Crippen LogP contribution in [0.5, 0.6) is 0 Å². The minimum Gasteiger partial charge on any atom is -0.347 e. The van der Waals surface area contributed by atoms with E-state index in [-0.39, 0.29) is 15.1 Å². The maximum Gasteiger partial charge on any atom is 0.313 e. The number of amides is 2. The second kappa shape index (κ2) is 8.20. The fourth-order valence-electron chi connectivity index (χ4n) is 1.86. The van der Waals surface area contributed by atoms with E-state index in [2.05, 4.69) is 10.6 Å². The molecule has 0 spiro atoms. The van der Waals surface area contributed by atoms with Crippen LogP contribution in [0.2, 0.25) is 15.1 Å². The molecule has 0 fully saturated rings. The number of hydrogen-bond donors (Lipinski definition) is 2. The van der Waals surface area contributed by atoms with E-state index in [4.69, 9.17) is 34.8 Å². The van der Waals surface area contributed by atoms with E-state index in [0.29, 0.717) is 18.7 Å². The summed E-state index contributed by atoms with van der Waals surface area (Å²) in [4.78, 5) is 23.6. The van der Waals surface area contributed by atoms with Gasteiger partial charge in [0.1, 0.15) is 0 Å². The van der Waals surface area contributed by atoms with Gasteiger partial charge in [0.2, 0.25) is 0 Å². The summed E-state index contributed by atoms with van der Waals surface area (Å²) in [5.41, 5.74) is 1.37. The molecule has 0 unspecified atom stereocenters. The Balaban J connectivity index is 1.87. The van der Waals surface area contributed by atoms with Crippen molar-refractivity contribution >= 4 is 52.3 Å². The summed E-state index contributed by atoms with van der Waals surface area (Å²) >= 11 is 17.6. The van der Waals surface area contributed by atoms with Gasteiger partial charge in [-0.3, -0.25) is 9.59 Å². The van der Waals surface area contributed by atoms with E-state index < -0.39 is 11.8 Å². The monoisotopic (exact) mass is 370 g/mol. The van der Waals surface area contributed by atoms with E-state index in [1.54, 1.807) is 0 Å². The molecule has 0 saturated heterocycles. The Kier molecular flexibility index (Phi) is 6.28. The molecule has 0 bridgehead atoms. The number of anilines is 1. The third-order valence-corrected chi connectivity index (χ3v) is 4.19. The van der Waals surface area contributed by atoms with Gasteiger partial charge < -0.3 is 10.6 Å². The van der Waals surface area contributed by atoms with Crippen LogP contribution in [0, 0.1) is 0 Å². The molecule has 4 nitrogen and oxygen atoms in total. The molecule has 0 heterocycles. The van der Waals surface area contributed by atoms with Crippen LogP contribution in [-0.2, 0) is 16.0 Å². The first kappa shape index (κ1) is 17.6. The molecule has 2 rings (SSSR count). The Morgan fingerprint density at radius 2 is 1.52 bits per heavy atom. The first-order chi connectivity index (χ1) is 11.0. The largest absolute Gasteiger partial charge is 0.347 e. The first-order valence-corrected chi connectivity index (χ1v) is 7.88. The second-order valence-electron chi connectivity index (χ2n) is 4.70. The average molecular weight is 372 g/mol. The Morgan fingerprint density at radius 1 is 0.913 bits per heavy atom. The Hall–Kier alpha value is -1.75. The lowest BCUT2D eigenvalue weighted by molar-refractivity contribution is -0.136. The standard InChI is InChI=1S/C16H13Cl3N2O2/c17-12-8-11(9-13(18)14(12)19)21-16(23)15(22)20-7-6-10-4-2-1-3-5-10/h1-5,8-9H,6-7H2,(H,20,22)(H,21,23). The number of carbonyl (C=O) groups is 2. The molecular formula is C16H13Cl3N2O2. The molecule has 0 saturated carbocycles. The summed E-state index contributed by atoms with van der Waals surface area (Å²) in [5, 5.41) is 5.55. The number of nitrogens with one attached hydrogen (secondary N) is 2. The van der Waals surface area contributed by atoms with Crippen LogP contribution < -0.4 is 10.6 Å². The number of carbonyl (C=O) groups excluding carboxylic acids is 2. The molecule has 23 heavy (non-hydrogen) atoms.